The van der Waals surface area contributed by atoms with Crippen molar-refractivity contribution in [2.45, 2.75) is 59.3 Å². The fourth-order valence-electron chi connectivity index (χ4n) is 5.58. The van der Waals surface area contributed by atoms with E-state index in [0.717, 1.165) is 70.4 Å². The van der Waals surface area contributed by atoms with Gasteiger partial charge < -0.3 is 9.88 Å². The molecule has 0 spiro atoms. The van der Waals surface area contributed by atoms with Gasteiger partial charge >= 0.3 is 0 Å². The average molecular weight is 501 g/mol. The number of hydrogen-bond acceptors (Lipinski definition) is 7. The van der Waals surface area contributed by atoms with E-state index < -0.39 is 0 Å². The Morgan fingerprint density at radius 2 is 1.97 bits per heavy atom. The lowest BCUT2D eigenvalue weighted by Crippen LogP contribution is -2.34. The number of aromatic amines is 1. The number of nitrogens with one attached hydrogen (secondary N) is 1. The van der Waals surface area contributed by atoms with Crippen LogP contribution in [-0.2, 0) is 6.42 Å². The summed E-state index contributed by atoms with van der Waals surface area (Å²) in [4.78, 5) is 15.8. The Kier molecular flexibility index (Phi) is 5.95. The standard InChI is InChI=1S/C27H32N8S/c1-16(2)24-25(21-13-35-27(28-15-29-35)18(4)17(21)3)30-22-7-8-23(31-26(22)24)34-11-9-19(10-12-34)5-6-20-14-36-33-32-20/h7-8,13-16,19,30H,5-6,9-12H2,1-4H3. The number of fused-ring (bicyclic) bond motifs is 2. The second-order valence-corrected chi connectivity index (χ2v) is 10.9. The molecule has 186 valence electrons. The molecule has 6 rings (SSSR count). The van der Waals surface area contributed by atoms with Crippen molar-refractivity contribution in [2.75, 3.05) is 18.0 Å². The highest BCUT2D eigenvalue weighted by Gasteiger charge is 2.24. The zero-order valence-corrected chi connectivity index (χ0v) is 22.1. The Bertz CT molecular complexity index is 1510. The topological polar surface area (TPSA) is 87.9 Å². The van der Waals surface area contributed by atoms with Crippen LogP contribution in [0.25, 0.3) is 27.9 Å². The number of rotatable bonds is 6. The molecule has 5 aromatic rings. The molecule has 36 heavy (non-hydrogen) atoms. The molecule has 1 aliphatic heterocycles. The number of hydrogen-bond donors (Lipinski definition) is 1. The Hall–Kier alpha value is -3.33. The van der Waals surface area contributed by atoms with Crippen LogP contribution in [0.3, 0.4) is 0 Å². The van der Waals surface area contributed by atoms with Crippen molar-refractivity contribution < 1.29 is 0 Å². The van der Waals surface area contributed by atoms with Gasteiger partial charge in [-0.1, -0.05) is 18.3 Å². The molecule has 1 N–H and O–H groups in total. The smallest absolute Gasteiger partial charge is 0.158 e. The van der Waals surface area contributed by atoms with Crippen molar-refractivity contribution in [3.63, 3.8) is 0 Å². The minimum absolute atomic E-state index is 0.327. The van der Waals surface area contributed by atoms with Crippen molar-refractivity contribution in [1.82, 2.24) is 34.2 Å². The highest BCUT2D eigenvalue weighted by molar-refractivity contribution is 7.03. The molecular formula is C27H32N8S. The van der Waals surface area contributed by atoms with Crippen LogP contribution in [0.15, 0.2) is 30.0 Å². The summed E-state index contributed by atoms with van der Waals surface area (Å²) in [6, 6.07) is 4.37. The second-order valence-electron chi connectivity index (χ2n) is 10.3. The van der Waals surface area contributed by atoms with Crippen molar-refractivity contribution in [1.29, 1.82) is 0 Å². The van der Waals surface area contributed by atoms with Gasteiger partial charge in [0.15, 0.2) is 5.65 Å². The van der Waals surface area contributed by atoms with E-state index in [9.17, 15) is 0 Å². The summed E-state index contributed by atoms with van der Waals surface area (Å²) in [7, 11) is 0. The monoisotopic (exact) mass is 500 g/mol. The van der Waals surface area contributed by atoms with Crippen LogP contribution in [0.1, 0.15) is 61.4 Å². The molecule has 0 bridgehead atoms. The van der Waals surface area contributed by atoms with Crippen LogP contribution in [0, 0.1) is 19.8 Å². The van der Waals surface area contributed by atoms with Crippen LogP contribution >= 0.6 is 11.5 Å². The normalized spacial score (nSPS) is 15.1. The lowest BCUT2D eigenvalue weighted by Gasteiger charge is -2.32. The molecule has 1 fully saturated rings. The predicted octanol–water partition coefficient (Wildman–Crippen LogP) is 5.71. The van der Waals surface area contributed by atoms with E-state index in [1.54, 1.807) is 6.33 Å². The number of nitrogens with zero attached hydrogens (tertiary/aromatic N) is 7. The molecule has 1 aliphatic rings. The number of piperidine rings is 1. The predicted molar refractivity (Wildman–Crippen MR) is 145 cm³/mol. The molecule has 9 heteroatoms. The van der Waals surface area contributed by atoms with Crippen LogP contribution in [-0.4, -0.2) is 47.2 Å². The molecule has 0 saturated carbocycles. The Balaban J connectivity index is 1.29. The first-order chi connectivity index (χ1) is 17.5. The highest BCUT2D eigenvalue weighted by Crippen LogP contribution is 2.38. The third kappa shape index (κ3) is 4.05. The Morgan fingerprint density at radius 3 is 2.72 bits per heavy atom. The van der Waals surface area contributed by atoms with Gasteiger partial charge in [0.1, 0.15) is 12.1 Å². The zero-order valence-electron chi connectivity index (χ0n) is 21.3. The Morgan fingerprint density at radius 1 is 1.14 bits per heavy atom. The lowest BCUT2D eigenvalue weighted by atomic mass is 9.91. The average Bonchev–Trinajstić information content (AvgIpc) is 3.64. The maximum absolute atomic E-state index is 5.23. The fourth-order valence-corrected chi connectivity index (χ4v) is 6.06. The molecule has 0 aliphatic carbocycles. The minimum atomic E-state index is 0.327. The fraction of sp³-hybridized carbons (Fsp3) is 0.444. The van der Waals surface area contributed by atoms with Crippen LogP contribution in [0.4, 0.5) is 5.82 Å². The first-order valence-corrected chi connectivity index (χ1v) is 13.7. The summed E-state index contributed by atoms with van der Waals surface area (Å²) in [6.07, 6.45) is 8.34. The zero-order chi connectivity index (χ0) is 24.8. The first-order valence-electron chi connectivity index (χ1n) is 12.8. The largest absolute Gasteiger partial charge is 0.357 e. The second kappa shape index (κ2) is 9.28. The van der Waals surface area contributed by atoms with E-state index in [0.29, 0.717) is 5.92 Å². The summed E-state index contributed by atoms with van der Waals surface area (Å²) < 4.78 is 5.86. The summed E-state index contributed by atoms with van der Waals surface area (Å²) in [5, 5.41) is 10.7. The van der Waals surface area contributed by atoms with Gasteiger partial charge in [0.2, 0.25) is 0 Å². The van der Waals surface area contributed by atoms with Crippen molar-refractivity contribution >= 4 is 34.0 Å². The van der Waals surface area contributed by atoms with E-state index in [1.165, 1.54) is 41.9 Å². The lowest BCUT2D eigenvalue weighted by molar-refractivity contribution is 0.379. The maximum Gasteiger partial charge on any atom is 0.158 e. The van der Waals surface area contributed by atoms with Crippen LogP contribution in [0.2, 0.25) is 0 Å². The molecule has 0 radical (unpaired) electrons. The van der Waals surface area contributed by atoms with Gasteiger partial charge in [0, 0.05) is 35.8 Å². The summed E-state index contributed by atoms with van der Waals surface area (Å²) in [5.41, 5.74) is 10.1. The van der Waals surface area contributed by atoms with Gasteiger partial charge in [-0.2, -0.15) is 5.10 Å². The van der Waals surface area contributed by atoms with E-state index >= 15 is 0 Å². The third-order valence-corrected chi connectivity index (χ3v) is 8.34. The van der Waals surface area contributed by atoms with Crippen LogP contribution in [0.5, 0.6) is 0 Å². The van der Waals surface area contributed by atoms with Crippen molar-refractivity contribution in [2.24, 2.45) is 5.92 Å². The summed E-state index contributed by atoms with van der Waals surface area (Å²) in [5.74, 6) is 2.15. The van der Waals surface area contributed by atoms with Gasteiger partial charge in [-0.05, 0) is 86.2 Å². The van der Waals surface area contributed by atoms with E-state index in [1.807, 2.05) is 4.52 Å². The molecule has 0 atom stereocenters. The molecule has 6 heterocycles. The summed E-state index contributed by atoms with van der Waals surface area (Å²) >= 11 is 1.44. The third-order valence-electron chi connectivity index (χ3n) is 7.79. The number of aryl methyl sites for hydroxylation is 2. The maximum atomic E-state index is 5.23. The number of H-pyrrole nitrogens is 1. The van der Waals surface area contributed by atoms with Gasteiger partial charge in [-0.3, -0.25) is 0 Å². The van der Waals surface area contributed by atoms with E-state index in [2.05, 4.69) is 81.0 Å². The quantitative estimate of drug-likeness (QED) is 0.321. The highest BCUT2D eigenvalue weighted by atomic mass is 32.1. The molecular weight excluding hydrogens is 468 g/mol. The molecule has 0 amide bonds. The molecule has 5 aromatic heterocycles. The molecule has 0 unspecified atom stereocenters. The van der Waals surface area contributed by atoms with Gasteiger partial charge in [0.25, 0.3) is 0 Å². The number of pyridine rings is 2. The van der Waals surface area contributed by atoms with E-state index in [-0.39, 0.29) is 0 Å². The Labute approximate surface area is 215 Å². The van der Waals surface area contributed by atoms with Crippen LogP contribution < -0.4 is 4.90 Å². The van der Waals surface area contributed by atoms with Gasteiger partial charge in [-0.15, -0.1) is 5.10 Å². The first kappa shape index (κ1) is 23.1. The molecule has 8 nitrogen and oxygen atoms in total. The van der Waals surface area contributed by atoms with Crippen molar-refractivity contribution in [3.8, 4) is 11.3 Å². The number of aromatic nitrogens is 7. The minimum Gasteiger partial charge on any atom is -0.357 e. The summed E-state index contributed by atoms with van der Waals surface area (Å²) in [6.45, 7) is 10.9. The van der Waals surface area contributed by atoms with Crippen molar-refractivity contribution in [3.05, 3.63) is 52.4 Å². The van der Waals surface area contributed by atoms with Gasteiger partial charge in [0.05, 0.1) is 22.4 Å². The molecule has 0 aromatic carbocycles. The van der Waals surface area contributed by atoms with E-state index in [4.69, 9.17) is 4.98 Å². The number of anilines is 1. The molecule has 1 saturated heterocycles. The van der Waals surface area contributed by atoms with Gasteiger partial charge in [-0.25, -0.2) is 14.5 Å². The SMILES string of the molecule is Cc1c(-c2[nH]c3ccc(N4CCC(CCc5csnn5)CC4)nc3c2C(C)C)cn2ncnc2c1C.